The van der Waals surface area contributed by atoms with Gasteiger partial charge < -0.3 is 19.4 Å². The molecule has 0 spiro atoms. The van der Waals surface area contributed by atoms with Crippen molar-refractivity contribution in [1.82, 2.24) is 9.88 Å². The Balaban J connectivity index is 1.53. The highest BCUT2D eigenvalue weighted by Crippen LogP contribution is 2.35. The van der Waals surface area contributed by atoms with Crippen LogP contribution in [-0.4, -0.2) is 48.4 Å². The molecule has 1 unspecified atom stereocenters. The normalized spacial score (nSPS) is 14.9. The summed E-state index contributed by atoms with van der Waals surface area (Å²) < 4.78 is 20.5. The number of hydrogen-bond donors (Lipinski definition) is 0. The van der Waals surface area contributed by atoms with Crippen molar-refractivity contribution in [3.8, 4) is 5.75 Å². The Labute approximate surface area is 204 Å². The lowest BCUT2D eigenvalue weighted by molar-refractivity contribution is -0.125. The summed E-state index contributed by atoms with van der Waals surface area (Å²) in [5.41, 5.74) is 2.78. The minimum absolute atomic E-state index is 0.157. The highest BCUT2D eigenvalue weighted by Gasteiger charge is 2.31. The van der Waals surface area contributed by atoms with E-state index in [0.29, 0.717) is 36.6 Å². The first-order valence-electron chi connectivity index (χ1n) is 11.3. The monoisotopic (exact) mass is 474 g/mol. The largest absolute Gasteiger partial charge is 0.486 e. The van der Waals surface area contributed by atoms with Gasteiger partial charge in [0.25, 0.3) is 0 Å². The molecule has 1 aliphatic rings. The summed E-state index contributed by atoms with van der Waals surface area (Å²) in [4.78, 5) is 33.4. The Kier molecular flexibility index (Phi) is 7.40. The highest BCUT2D eigenvalue weighted by molar-refractivity contribution is 5.89. The molecule has 0 radical (unpaired) electrons. The van der Waals surface area contributed by atoms with Gasteiger partial charge in [-0.05, 0) is 36.3 Å². The van der Waals surface area contributed by atoms with Crippen molar-refractivity contribution in [3.05, 3.63) is 91.0 Å². The first-order valence-corrected chi connectivity index (χ1v) is 11.3. The molecule has 3 aromatic rings. The summed E-state index contributed by atoms with van der Waals surface area (Å²) in [6.07, 6.45) is 5.92. The van der Waals surface area contributed by atoms with Gasteiger partial charge in [-0.15, -0.1) is 0 Å². The molecule has 35 heavy (non-hydrogen) atoms. The lowest BCUT2D eigenvalue weighted by atomic mass is 10.2. The van der Waals surface area contributed by atoms with Gasteiger partial charge in [0, 0.05) is 38.1 Å². The fraction of sp³-hybridized carbons (Fsp3) is 0.222. The van der Waals surface area contributed by atoms with Crippen LogP contribution in [0.2, 0.25) is 0 Å². The van der Waals surface area contributed by atoms with Crippen molar-refractivity contribution in [2.75, 3.05) is 29.9 Å². The number of rotatable bonds is 9. The maximum absolute atomic E-state index is 14.9. The van der Waals surface area contributed by atoms with Crippen molar-refractivity contribution in [2.45, 2.75) is 19.1 Å². The third-order valence-corrected chi connectivity index (χ3v) is 6.11. The Bertz CT molecular complexity index is 1200. The van der Waals surface area contributed by atoms with Gasteiger partial charge in [-0.1, -0.05) is 36.9 Å². The van der Waals surface area contributed by atoms with Gasteiger partial charge in [-0.25, -0.2) is 4.39 Å². The minimum Gasteiger partial charge on any atom is -0.486 e. The topological polar surface area (TPSA) is 66.0 Å². The van der Waals surface area contributed by atoms with Crippen molar-refractivity contribution < 1.29 is 18.7 Å². The molecular formula is C27H27FN4O3. The number of amides is 2. The first kappa shape index (κ1) is 23.9. The van der Waals surface area contributed by atoms with Gasteiger partial charge in [0.15, 0.2) is 11.6 Å². The number of anilines is 3. The summed E-state index contributed by atoms with van der Waals surface area (Å²) in [5, 5.41) is 0. The summed E-state index contributed by atoms with van der Waals surface area (Å²) in [7, 11) is 1.78. The van der Waals surface area contributed by atoms with E-state index < -0.39 is 5.82 Å². The molecule has 0 bridgehead atoms. The van der Waals surface area contributed by atoms with E-state index in [1.165, 1.54) is 12.1 Å². The second kappa shape index (κ2) is 10.8. The van der Waals surface area contributed by atoms with Gasteiger partial charge in [-0.3, -0.25) is 14.6 Å². The molecule has 1 saturated heterocycles. The molecule has 1 atom stereocenters. The maximum Gasteiger partial charge on any atom is 0.246 e. The second-order valence-electron chi connectivity index (χ2n) is 8.26. The van der Waals surface area contributed by atoms with E-state index in [4.69, 9.17) is 4.74 Å². The van der Waals surface area contributed by atoms with Crippen LogP contribution in [0.3, 0.4) is 0 Å². The quantitative estimate of drug-likeness (QED) is 0.341. The highest BCUT2D eigenvalue weighted by atomic mass is 19.1. The molecule has 1 fully saturated rings. The van der Waals surface area contributed by atoms with Crippen LogP contribution in [-0.2, 0) is 16.2 Å². The molecule has 2 aromatic carbocycles. The van der Waals surface area contributed by atoms with E-state index in [1.54, 1.807) is 52.3 Å². The average Bonchev–Trinajstić information content (AvgIpc) is 3.38. The van der Waals surface area contributed by atoms with Gasteiger partial charge in [0.2, 0.25) is 12.3 Å². The van der Waals surface area contributed by atoms with Crippen LogP contribution in [0.5, 0.6) is 5.75 Å². The fourth-order valence-electron chi connectivity index (χ4n) is 4.18. The predicted molar refractivity (Wildman–Crippen MR) is 133 cm³/mol. The van der Waals surface area contributed by atoms with Crippen LogP contribution in [0, 0.1) is 5.82 Å². The predicted octanol–water partition coefficient (Wildman–Crippen LogP) is 4.32. The third-order valence-electron chi connectivity index (χ3n) is 6.11. The van der Waals surface area contributed by atoms with Crippen molar-refractivity contribution >= 4 is 29.4 Å². The SMILES string of the molecule is C=CC(=O)N1CCC(N(C=O)c2ccncc2N(C)c2ccc(OCc3ccccc3)c(F)c2)C1. The van der Waals surface area contributed by atoms with Crippen molar-refractivity contribution in [2.24, 2.45) is 0 Å². The minimum atomic E-state index is -0.489. The van der Waals surface area contributed by atoms with E-state index in [-0.39, 0.29) is 24.3 Å². The summed E-state index contributed by atoms with van der Waals surface area (Å²) >= 11 is 0. The van der Waals surface area contributed by atoms with Crippen LogP contribution in [0.15, 0.2) is 79.6 Å². The van der Waals surface area contributed by atoms with E-state index in [1.807, 2.05) is 30.3 Å². The smallest absolute Gasteiger partial charge is 0.246 e. The molecule has 1 aliphatic heterocycles. The fourth-order valence-corrected chi connectivity index (χ4v) is 4.18. The lowest BCUT2D eigenvalue weighted by Crippen LogP contribution is -2.38. The molecule has 4 rings (SSSR count). The molecule has 0 aliphatic carbocycles. The van der Waals surface area contributed by atoms with Gasteiger partial charge in [-0.2, -0.15) is 0 Å². The number of aromatic nitrogens is 1. The van der Waals surface area contributed by atoms with Crippen LogP contribution >= 0.6 is 0 Å². The van der Waals surface area contributed by atoms with E-state index in [0.717, 1.165) is 12.0 Å². The van der Waals surface area contributed by atoms with Crippen LogP contribution in [0.25, 0.3) is 0 Å². The number of ether oxygens (including phenoxy) is 1. The molecule has 7 nitrogen and oxygen atoms in total. The molecule has 0 saturated carbocycles. The molecule has 8 heteroatoms. The summed E-state index contributed by atoms with van der Waals surface area (Å²) in [6, 6.07) is 15.9. The van der Waals surface area contributed by atoms with Crippen LogP contribution < -0.4 is 14.5 Å². The average molecular weight is 475 g/mol. The number of pyridine rings is 1. The van der Waals surface area contributed by atoms with E-state index >= 15 is 0 Å². The zero-order valence-electron chi connectivity index (χ0n) is 19.5. The number of halogens is 1. The number of hydrogen-bond acceptors (Lipinski definition) is 5. The summed E-state index contributed by atoms with van der Waals surface area (Å²) in [5.74, 6) is -0.488. The van der Waals surface area contributed by atoms with Crippen molar-refractivity contribution in [1.29, 1.82) is 0 Å². The molecule has 2 heterocycles. The Morgan fingerprint density at radius 2 is 2.03 bits per heavy atom. The van der Waals surface area contributed by atoms with E-state index in [9.17, 15) is 14.0 Å². The standard InChI is InChI=1S/C27H27FN4O3/c1-3-27(34)31-14-12-22(17-31)32(19-33)24-11-13-29-16-25(24)30(2)21-9-10-26(23(28)15-21)35-18-20-7-5-4-6-8-20/h3-11,13,15-16,19,22H,1,12,14,17-18H2,2H3. The zero-order valence-corrected chi connectivity index (χ0v) is 19.5. The Morgan fingerprint density at radius 3 is 2.74 bits per heavy atom. The number of carbonyl (C=O) groups excluding carboxylic acids is 2. The third kappa shape index (κ3) is 5.32. The maximum atomic E-state index is 14.9. The number of likely N-dealkylation sites (tertiary alicyclic amines) is 1. The van der Waals surface area contributed by atoms with Gasteiger partial charge >= 0.3 is 0 Å². The molecule has 180 valence electrons. The Hall–Kier alpha value is -4.20. The number of benzene rings is 2. The molecule has 1 aromatic heterocycles. The summed E-state index contributed by atoms with van der Waals surface area (Å²) in [6.45, 7) is 4.76. The molecule has 0 N–H and O–H groups in total. The zero-order chi connectivity index (χ0) is 24.8. The van der Waals surface area contributed by atoms with E-state index in [2.05, 4.69) is 11.6 Å². The van der Waals surface area contributed by atoms with Gasteiger partial charge in [0.1, 0.15) is 6.61 Å². The Morgan fingerprint density at radius 1 is 1.23 bits per heavy atom. The second-order valence-corrected chi connectivity index (χ2v) is 8.26. The number of nitrogens with zero attached hydrogens (tertiary/aromatic N) is 4. The van der Waals surface area contributed by atoms with Crippen molar-refractivity contribution in [3.63, 3.8) is 0 Å². The van der Waals surface area contributed by atoms with Gasteiger partial charge in [0.05, 0.1) is 23.6 Å². The van der Waals surface area contributed by atoms with Crippen LogP contribution in [0.1, 0.15) is 12.0 Å². The first-order chi connectivity index (χ1) is 17.0. The van der Waals surface area contributed by atoms with Crippen LogP contribution in [0.4, 0.5) is 21.5 Å². The molecule has 2 amide bonds. The number of carbonyl (C=O) groups is 2. The molecular weight excluding hydrogens is 447 g/mol. The lowest BCUT2D eigenvalue weighted by Gasteiger charge is -2.30.